The molecule has 0 radical (unpaired) electrons. The molecule has 0 heterocycles. The minimum absolute atomic E-state index is 0.533. The Kier molecular flexibility index (Phi) is 5.84. The van der Waals surface area contributed by atoms with E-state index in [0.29, 0.717) is 5.92 Å². The van der Waals surface area contributed by atoms with E-state index in [1.54, 1.807) is 7.11 Å². The van der Waals surface area contributed by atoms with Crippen molar-refractivity contribution < 1.29 is 4.74 Å². The van der Waals surface area contributed by atoms with Crippen molar-refractivity contribution in [3.8, 4) is 5.75 Å². The molecule has 1 aromatic rings. The summed E-state index contributed by atoms with van der Waals surface area (Å²) >= 11 is 0. The Morgan fingerprint density at radius 3 is 2.65 bits per heavy atom. The van der Waals surface area contributed by atoms with E-state index in [1.807, 2.05) is 6.07 Å². The van der Waals surface area contributed by atoms with Gasteiger partial charge in [0.2, 0.25) is 0 Å². The van der Waals surface area contributed by atoms with Gasteiger partial charge in [-0.1, -0.05) is 19.9 Å². The molecule has 0 fully saturated rings. The van der Waals surface area contributed by atoms with Crippen molar-refractivity contribution >= 4 is 5.69 Å². The predicted octanol–water partition coefficient (Wildman–Crippen LogP) is 2.97. The normalized spacial score (nSPS) is 10.6. The molecule has 0 spiro atoms. The van der Waals surface area contributed by atoms with Gasteiger partial charge in [0, 0.05) is 6.54 Å². The van der Waals surface area contributed by atoms with Crippen LogP contribution in [0.5, 0.6) is 5.75 Å². The van der Waals surface area contributed by atoms with Gasteiger partial charge in [0.25, 0.3) is 0 Å². The maximum Gasteiger partial charge on any atom is 0.141 e. The Labute approximate surface area is 104 Å². The summed E-state index contributed by atoms with van der Waals surface area (Å²) in [6.07, 6.45) is 2.14. The number of hydrogen-bond donors (Lipinski definition) is 2. The van der Waals surface area contributed by atoms with Crippen LogP contribution < -0.4 is 15.8 Å². The largest absolute Gasteiger partial charge is 0.495 e. The molecule has 0 aromatic heterocycles. The highest BCUT2D eigenvalue weighted by molar-refractivity contribution is 5.58. The van der Waals surface area contributed by atoms with E-state index in [9.17, 15) is 0 Å². The van der Waals surface area contributed by atoms with E-state index >= 15 is 0 Å². The number of rotatable bonds is 7. The molecule has 0 bridgehead atoms. The van der Waals surface area contributed by atoms with Crippen LogP contribution in [-0.4, -0.2) is 20.2 Å². The lowest BCUT2D eigenvalue weighted by molar-refractivity contribution is 0.416. The van der Waals surface area contributed by atoms with Crippen molar-refractivity contribution in [2.24, 2.45) is 5.73 Å². The van der Waals surface area contributed by atoms with Crippen LogP contribution >= 0.6 is 0 Å². The number of nitrogens with one attached hydrogen (secondary N) is 1. The first kappa shape index (κ1) is 13.8. The zero-order chi connectivity index (χ0) is 12.7. The number of nitrogens with two attached hydrogens (primary N) is 1. The van der Waals surface area contributed by atoms with Gasteiger partial charge in [0.15, 0.2) is 0 Å². The lowest BCUT2D eigenvalue weighted by Gasteiger charge is -2.14. The first-order valence-electron chi connectivity index (χ1n) is 6.31. The van der Waals surface area contributed by atoms with Crippen molar-refractivity contribution in [1.82, 2.24) is 0 Å². The number of hydrogen-bond acceptors (Lipinski definition) is 3. The second-order valence-corrected chi connectivity index (χ2v) is 4.54. The molecule has 0 atom stereocenters. The fourth-order valence-electron chi connectivity index (χ4n) is 1.72. The van der Waals surface area contributed by atoms with Crippen LogP contribution in [0.2, 0.25) is 0 Å². The third-order valence-corrected chi connectivity index (χ3v) is 2.84. The highest BCUT2D eigenvalue weighted by atomic mass is 16.5. The Balaban J connectivity index is 2.69. The Bertz CT molecular complexity index is 337. The Morgan fingerprint density at radius 1 is 1.29 bits per heavy atom. The van der Waals surface area contributed by atoms with Gasteiger partial charge < -0.3 is 15.8 Å². The minimum atomic E-state index is 0.533. The van der Waals surface area contributed by atoms with E-state index in [-0.39, 0.29) is 0 Å². The number of ether oxygens (including phenoxy) is 1. The monoisotopic (exact) mass is 236 g/mol. The smallest absolute Gasteiger partial charge is 0.141 e. The van der Waals surface area contributed by atoms with Crippen LogP contribution in [0.15, 0.2) is 18.2 Å². The van der Waals surface area contributed by atoms with Crippen molar-refractivity contribution in [2.75, 3.05) is 25.5 Å². The van der Waals surface area contributed by atoms with Crippen LogP contribution in [0.3, 0.4) is 0 Å². The van der Waals surface area contributed by atoms with E-state index in [1.165, 1.54) is 5.56 Å². The predicted molar refractivity (Wildman–Crippen MR) is 73.9 cm³/mol. The minimum Gasteiger partial charge on any atom is -0.495 e. The van der Waals surface area contributed by atoms with E-state index in [4.69, 9.17) is 10.5 Å². The van der Waals surface area contributed by atoms with Crippen LogP contribution in [0.1, 0.15) is 38.2 Å². The summed E-state index contributed by atoms with van der Waals surface area (Å²) in [6, 6.07) is 6.32. The zero-order valence-corrected chi connectivity index (χ0v) is 11.1. The van der Waals surface area contributed by atoms with E-state index < -0.39 is 0 Å². The van der Waals surface area contributed by atoms with Gasteiger partial charge in [-0.2, -0.15) is 0 Å². The Morgan fingerprint density at radius 2 is 2.06 bits per heavy atom. The summed E-state index contributed by atoms with van der Waals surface area (Å²) in [5, 5.41) is 3.41. The average Bonchev–Trinajstić information content (AvgIpc) is 2.34. The van der Waals surface area contributed by atoms with Crippen molar-refractivity contribution in [2.45, 2.75) is 32.6 Å². The summed E-state index contributed by atoms with van der Waals surface area (Å²) in [4.78, 5) is 0. The SMILES string of the molecule is COc1ccc(C(C)C)cc1NCCCCN. The van der Waals surface area contributed by atoms with Crippen molar-refractivity contribution in [3.05, 3.63) is 23.8 Å². The summed E-state index contributed by atoms with van der Waals surface area (Å²) in [5.41, 5.74) is 7.88. The van der Waals surface area contributed by atoms with Crippen molar-refractivity contribution in [1.29, 1.82) is 0 Å². The molecule has 0 saturated heterocycles. The van der Waals surface area contributed by atoms with Gasteiger partial charge in [0.05, 0.1) is 12.8 Å². The molecule has 3 N–H and O–H groups in total. The molecule has 3 nitrogen and oxygen atoms in total. The zero-order valence-electron chi connectivity index (χ0n) is 11.1. The first-order chi connectivity index (χ1) is 8.19. The molecular weight excluding hydrogens is 212 g/mol. The Hall–Kier alpha value is -1.22. The van der Waals surface area contributed by atoms with Gasteiger partial charge in [-0.3, -0.25) is 0 Å². The van der Waals surface area contributed by atoms with Crippen LogP contribution in [0, 0.1) is 0 Å². The molecule has 0 saturated carbocycles. The van der Waals surface area contributed by atoms with Crippen molar-refractivity contribution in [3.63, 3.8) is 0 Å². The highest BCUT2D eigenvalue weighted by Crippen LogP contribution is 2.28. The number of methoxy groups -OCH3 is 1. The first-order valence-corrected chi connectivity index (χ1v) is 6.31. The fourth-order valence-corrected chi connectivity index (χ4v) is 1.72. The number of unbranched alkanes of at least 4 members (excludes halogenated alkanes) is 1. The summed E-state index contributed by atoms with van der Waals surface area (Å²) < 4.78 is 5.35. The van der Waals surface area contributed by atoms with Gasteiger partial charge in [-0.25, -0.2) is 0 Å². The molecule has 96 valence electrons. The van der Waals surface area contributed by atoms with Crippen LogP contribution in [0.4, 0.5) is 5.69 Å². The molecule has 1 rings (SSSR count). The molecule has 0 unspecified atom stereocenters. The van der Waals surface area contributed by atoms with E-state index in [0.717, 1.165) is 37.4 Å². The van der Waals surface area contributed by atoms with Gasteiger partial charge >= 0.3 is 0 Å². The lowest BCUT2D eigenvalue weighted by Crippen LogP contribution is -2.07. The highest BCUT2D eigenvalue weighted by Gasteiger charge is 2.06. The second kappa shape index (κ2) is 7.17. The maximum atomic E-state index is 5.48. The van der Waals surface area contributed by atoms with Gasteiger partial charge in [-0.15, -0.1) is 0 Å². The third-order valence-electron chi connectivity index (χ3n) is 2.84. The summed E-state index contributed by atoms with van der Waals surface area (Å²) in [6.45, 7) is 6.08. The lowest BCUT2D eigenvalue weighted by atomic mass is 10.0. The fraction of sp³-hybridized carbons (Fsp3) is 0.571. The molecule has 0 aliphatic carbocycles. The number of benzene rings is 1. The molecule has 0 aliphatic rings. The average molecular weight is 236 g/mol. The van der Waals surface area contributed by atoms with Gasteiger partial charge in [-0.05, 0) is 43.0 Å². The molecule has 0 aliphatic heterocycles. The maximum absolute atomic E-state index is 5.48. The number of anilines is 1. The standard InChI is InChI=1S/C14H24N2O/c1-11(2)12-6-7-14(17-3)13(10-12)16-9-5-4-8-15/h6-7,10-11,16H,4-5,8-9,15H2,1-3H3. The summed E-state index contributed by atoms with van der Waals surface area (Å²) in [5.74, 6) is 1.44. The molecule has 3 heteroatoms. The van der Waals surface area contributed by atoms with Crippen LogP contribution in [0.25, 0.3) is 0 Å². The van der Waals surface area contributed by atoms with E-state index in [2.05, 4.69) is 31.3 Å². The van der Waals surface area contributed by atoms with Gasteiger partial charge in [0.1, 0.15) is 5.75 Å². The second-order valence-electron chi connectivity index (χ2n) is 4.54. The molecule has 0 amide bonds. The third kappa shape index (κ3) is 4.27. The quantitative estimate of drug-likeness (QED) is 0.715. The topological polar surface area (TPSA) is 47.3 Å². The summed E-state index contributed by atoms with van der Waals surface area (Å²) in [7, 11) is 1.70. The molecule has 1 aromatic carbocycles. The molecular formula is C14H24N2O. The van der Waals surface area contributed by atoms with Crippen LogP contribution in [-0.2, 0) is 0 Å². The molecule has 17 heavy (non-hydrogen) atoms.